The molecule has 0 aromatic heterocycles. The van der Waals surface area contributed by atoms with Crippen molar-refractivity contribution in [2.75, 3.05) is 31.1 Å². The van der Waals surface area contributed by atoms with Crippen LogP contribution in [0.25, 0.3) is 0 Å². The number of nitrogens with zero attached hydrogens (tertiary/aromatic N) is 2. The van der Waals surface area contributed by atoms with Gasteiger partial charge in [-0.15, -0.1) is 0 Å². The first-order valence-corrected chi connectivity index (χ1v) is 8.04. The van der Waals surface area contributed by atoms with Gasteiger partial charge in [-0.3, -0.25) is 4.90 Å². The van der Waals surface area contributed by atoms with E-state index in [2.05, 4.69) is 9.80 Å². The predicted octanol–water partition coefficient (Wildman–Crippen LogP) is 2.90. The van der Waals surface area contributed by atoms with Gasteiger partial charge in [0.05, 0.1) is 17.3 Å². The van der Waals surface area contributed by atoms with Crippen LogP contribution in [0, 0.1) is 0 Å². The zero-order chi connectivity index (χ0) is 13.9. The first-order valence-electron chi connectivity index (χ1n) is 7.67. The standard InChI is InChI=1S/C16H23ClN2O/c17-15-7-3-4-13(12-20)16(15)19-10-8-18(9-11-19)14-5-1-2-6-14/h3-4,7,14,20H,1-2,5-6,8-12H2. The Labute approximate surface area is 126 Å². The number of aliphatic hydroxyl groups excluding tert-OH is 1. The van der Waals surface area contributed by atoms with E-state index < -0.39 is 0 Å². The van der Waals surface area contributed by atoms with E-state index in [1.54, 1.807) is 0 Å². The molecule has 3 rings (SSSR count). The highest BCUT2D eigenvalue weighted by atomic mass is 35.5. The number of piperazine rings is 1. The van der Waals surface area contributed by atoms with E-state index in [-0.39, 0.29) is 6.61 Å². The second kappa shape index (κ2) is 6.33. The zero-order valence-corrected chi connectivity index (χ0v) is 12.6. The normalized spacial score (nSPS) is 21.6. The average molecular weight is 295 g/mol. The molecule has 0 bridgehead atoms. The summed E-state index contributed by atoms with van der Waals surface area (Å²) in [6.07, 6.45) is 5.52. The lowest BCUT2D eigenvalue weighted by atomic mass is 10.1. The molecule has 1 heterocycles. The number of halogens is 1. The Bertz CT molecular complexity index is 452. The van der Waals surface area contributed by atoms with Crippen LogP contribution in [0.5, 0.6) is 0 Å². The van der Waals surface area contributed by atoms with Gasteiger partial charge >= 0.3 is 0 Å². The van der Waals surface area contributed by atoms with Crippen molar-refractivity contribution in [3.8, 4) is 0 Å². The highest BCUT2D eigenvalue weighted by Crippen LogP contribution is 2.32. The summed E-state index contributed by atoms with van der Waals surface area (Å²) in [6, 6.07) is 6.59. The molecule has 2 fully saturated rings. The summed E-state index contributed by atoms with van der Waals surface area (Å²) in [6.45, 7) is 4.29. The van der Waals surface area contributed by atoms with Crippen LogP contribution >= 0.6 is 11.6 Å². The lowest BCUT2D eigenvalue weighted by Crippen LogP contribution is -2.50. The summed E-state index contributed by atoms with van der Waals surface area (Å²) >= 11 is 6.34. The van der Waals surface area contributed by atoms with E-state index in [9.17, 15) is 5.11 Å². The van der Waals surface area contributed by atoms with Crippen LogP contribution in [0.2, 0.25) is 5.02 Å². The molecule has 0 atom stereocenters. The largest absolute Gasteiger partial charge is 0.392 e. The second-order valence-electron chi connectivity index (χ2n) is 5.87. The molecule has 20 heavy (non-hydrogen) atoms. The second-order valence-corrected chi connectivity index (χ2v) is 6.27. The summed E-state index contributed by atoms with van der Waals surface area (Å²) in [5, 5.41) is 10.3. The molecule has 1 aliphatic carbocycles. The fourth-order valence-electron chi connectivity index (χ4n) is 3.62. The van der Waals surface area contributed by atoms with Crippen molar-refractivity contribution in [1.82, 2.24) is 4.90 Å². The first-order chi connectivity index (χ1) is 9.79. The number of hydrogen-bond donors (Lipinski definition) is 1. The van der Waals surface area contributed by atoms with Gasteiger partial charge in [-0.05, 0) is 18.9 Å². The molecule has 1 saturated heterocycles. The molecule has 0 unspecified atom stereocenters. The molecule has 110 valence electrons. The van der Waals surface area contributed by atoms with Gasteiger partial charge in [-0.25, -0.2) is 0 Å². The minimum Gasteiger partial charge on any atom is -0.392 e. The number of para-hydroxylation sites is 1. The monoisotopic (exact) mass is 294 g/mol. The molecule has 4 heteroatoms. The van der Waals surface area contributed by atoms with Crippen molar-refractivity contribution in [3.05, 3.63) is 28.8 Å². The number of aliphatic hydroxyl groups is 1. The van der Waals surface area contributed by atoms with E-state index in [1.807, 2.05) is 18.2 Å². The highest BCUT2D eigenvalue weighted by Gasteiger charge is 2.27. The molecule has 1 aliphatic heterocycles. The van der Waals surface area contributed by atoms with Gasteiger partial charge < -0.3 is 10.0 Å². The summed E-state index contributed by atoms with van der Waals surface area (Å²) in [4.78, 5) is 4.97. The molecule has 2 aliphatic rings. The van der Waals surface area contributed by atoms with E-state index in [0.29, 0.717) is 0 Å². The Kier molecular flexibility index (Phi) is 4.49. The Morgan fingerprint density at radius 3 is 2.45 bits per heavy atom. The average Bonchev–Trinajstić information content (AvgIpc) is 3.01. The van der Waals surface area contributed by atoms with Gasteiger partial charge in [-0.1, -0.05) is 36.6 Å². The maximum absolute atomic E-state index is 9.50. The van der Waals surface area contributed by atoms with Gasteiger partial charge in [-0.2, -0.15) is 0 Å². The van der Waals surface area contributed by atoms with Crippen LogP contribution in [-0.4, -0.2) is 42.2 Å². The maximum atomic E-state index is 9.50. The molecular weight excluding hydrogens is 272 g/mol. The summed E-state index contributed by atoms with van der Waals surface area (Å²) < 4.78 is 0. The van der Waals surface area contributed by atoms with Crippen LogP contribution < -0.4 is 4.90 Å². The Morgan fingerprint density at radius 1 is 1.10 bits per heavy atom. The molecule has 1 N–H and O–H groups in total. The van der Waals surface area contributed by atoms with Crippen molar-refractivity contribution in [2.24, 2.45) is 0 Å². The van der Waals surface area contributed by atoms with E-state index >= 15 is 0 Å². The van der Waals surface area contributed by atoms with Crippen molar-refractivity contribution in [1.29, 1.82) is 0 Å². The Morgan fingerprint density at radius 2 is 1.80 bits per heavy atom. The fourth-order valence-corrected chi connectivity index (χ4v) is 3.94. The van der Waals surface area contributed by atoms with Gasteiger partial charge in [0.15, 0.2) is 0 Å². The van der Waals surface area contributed by atoms with Crippen molar-refractivity contribution >= 4 is 17.3 Å². The molecule has 0 amide bonds. The van der Waals surface area contributed by atoms with Crippen molar-refractivity contribution in [3.63, 3.8) is 0 Å². The third-order valence-electron chi connectivity index (χ3n) is 4.71. The topological polar surface area (TPSA) is 26.7 Å². The molecular formula is C16H23ClN2O. The third-order valence-corrected chi connectivity index (χ3v) is 5.02. The van der Waals surface area contributed by atoms with Gasteiger partial charge in [0.2, 0.25) is 0 Å². The lowest BCUT2D eigenvalue weighted by Gasteiger charge is -2.40. The minimum atomic E-state index is 0.0543. The summed E-state index contributed by atoms with van der Waals surface area (Å²) in [5.41, 5.74) is 1.97. The predicted molar refractivity (Wildman–Crippen MR) is 83.4 cm³/mol. The number of hydrogen-bond acceptors (Lipinski definition) is 3. The molecule has 1 aromatic carbocycles. The quantitative estimate of drug-likeness (QED) is 0.928. The Balaban J connectivity index is 1.68. The molecule has 1 saturated carbocycles. The SMILES string of the molecule is OCc1cccc(Cl)c1N1CCN(C2CCCC2)CC1. The molecule has 0 radical (unpaired) electrons. The van der Waals surface area contributed by atoms with E-state index in [4.69, 9.17) is 11.6 Å². The summed E-state index contributed by atoms with van der Waals surface area (Å²) in [5.74, 6) is 0. The van der Waals surface area contributed by atoms with Gasteiger partial charge in [0, 0.05) is 37.8 Å². The van der Waals surface area contributed by atoms with Crippen LogP contribution in [0.15, 0.2) is 18.2 Å². The number of anilines is 1. The van der Waals surface area contributed by atoms with Crippen molar-refractivity contribution in [2.45, 2.75) is 38.3 Å². The fraction of sp³-hybridized carbons (Fsp3) is 0.625. The molecule has 1 aromatic rings. The maximum Gasteiger partial charge on any atom is 0.0702 e. The third kappa shape index (κ3) is 2.80. The first kappa shape index (κ1) is 14.2. The lowest BCUT2D eigenvalue weighted by molar-refractivity contribution is 0.187. The van der Waals surface area contributed by atoms with Crippen molar-refractivity contribution < 1.29 is 5.11 Å². The minimum absolute atomic E-state index is 0.0543. The highest BCUT2D eigenvalue weighted by molar-refractivity contribution is 6.33. The van der Waals surface area contributed by atoms with Crippen LogP contribution in [-0.2, 0) is 6.61 Å². The van der Waals surface area contributed by atoms with Crippen LogP contribution in [0.1, 0.15) is 31.2 Å². The molecule has 3 nitrogen and oxygen atoms in total. The van der Waals surface area contributed by atoms with Gasteiger partial charge in [0.1, 0.15) is 0 Å². The summed E-state index contributed by atoms with van der Waals surface area (Å²) in [7, 11) is 0. The van der Waals surface area contributed by atoms with E-state index in [1.165, 1.54) is 25.7 Å². The molecule has 0 spiro atoms. The smallest absolute Gasteiger partial charge is 0.0702 e. The number of rotatable bonds is 3. The van der Waals surface area contributed by atoms with Crippen LogP contribution in [0.3, 0.4) is 0 Å². The van der Waals surface area contributed by atoms with E-state index in [0.717, 1.165) is 48.5 Å². The van der Waals surface area contributed by atoms with Gasteiger partial charge in [0.25, 0.3) is 0 Å². The zero-order valence-electron chi connectivity index (χ0n) is 11.9. The number of benzene rings is 1. The Hall–Kier alpha value is -0.770. The van der Waals surface area contributed by atoms with Crippen LogP contribution in [0.4, 0.5) is 5.69 Å².